The Labute approximate surface area is 102 Å². The van der Waals surface area contributed by atoms with E-state index in [1.165, 1.54) is 12.8 Å². The standard InChI is InChI=1S/C13H18ClNO/c1-9(7-15)12-6-11(14)4-5-13(12)16-8-10-2-3-10/h4-6,9-10H,2-3,7-8,15H2,1H3. The molecule has 3 heteroatoms. The predicted molar refractivity (Wildman–Crippen MR) is 67.1 cm³/mol. The summed E-state index contributed by atoms with van der Waals surface area (Å²) < 4.78 is 5.82. The fraction of sp³-hybridized carbons (Fsp3) is 0.538. The second-order valence-electron chi connectivity index (χ2n) is 4.57. The highest BCUT2D eigenvalue weighted by molar-refractivity contribution is 6.30. The van der Waals surface area contributed by atoms with Crippen LogP contribution in [0.15, 0.2) is 18.2 Å². The zero-order valence-corrected chi connectivity index (χ0v) is 10.3. The highest BCUT2D eigenvalue weighted by Crippen LogP contribution is 2.33. The maximum atomic E-state index is 6.00. The molecule has 1 aliphatic rings. The lowest BCUT2D eigenvalue weighted by atomic mass is 10.0. The van der Waals surface area contributed by atoms with E-state index < -0.39 is 0 Å². The van der Waals surface area contributed by atoms with Gasteiger partial charge in [-0.1, -0.05) is 18.5 Å². The van der Waals surface area contributed by atoms with Gasteiger partial charge in [-0.05, 0) is 55.0 Å². The van der Waals surface area contributed by atoms with E-state index in [4.69, 9.17) is 22.1 Å². The molecule has 1 saturated carbocycles. The van der Waals surface area contributed by atoms with Crippen LogP contribution >= 0.6 is 11.6 Å². The summed E-state index contributed by atoms with van der Waals surface area (Å²) in [6.07, 6.45) is 2.60. The molecule has 1 aromatic rings. The molecule has 2 nitrogen and oxygen atoms in total. The van der Waals surface area contributed by atoms with Crippen LogP contribution in [0.25, 0.3) is 0 Å². The maximum absolute atomic E-state index is 6.00. The van der Waals surface area contributed by atoms with Gasteiger partial charge in [0.15, 0.2) is 0 Å². The van der Waals surface area contributed by atoms with Crippen LogP contribution in [-0.2, 0) is 0 Å². The molecule has 0 amide bonds. The van der Waals surface area contributed by atoms with Crippen molar-refractivity contribution < 1.29 is 4.74 Å². The fourth-order valence-electron chi connectivity index (χ4n) is 1.65. The van der Waals surface area contributed by atoms with E-state index >= 15 is 0 Å². The van der Waals surface area contributed by atoms with Crippen LogP contribution in [0.3, 0.4) is 0 Å². The molecule has 0 heterocycles. The Kier molecular flexibility index (Phi) is 3.72. The van der Waals surface area contributed by atoms with Crippen molar-refractivity contribution in [1.82, 2.24) is 0 Å². The van der Waals surface area contributed by atoms with Gasteiger partial charge in [-0.25, -0.2) is 0 Å². The molecule has 1 fully saturated rings. The third kappa shape index (κ3) is 2.89. The van der Waals surface area contributed by atoms with Gasteiger partial charge in [-0.2, -0.15) is 0 Å². The third-order valence-corrected chi connectivity index (χ3v) is 3.26. The SMILES string of the molecule is CC(CN)c1cc(Cl)ccc1OCC1CC1. The Balaban J connectivity index is 2.13. The minimum atomic E-state index is 0.285. The maximum Gasteiger partial charge on any atom is 0.122 e. The first-order chi connectivity index (χ1) is 7.70. The summed E-state index contributed by atoms with van der Waals surface area (Å²) in [7, 11) is 0. The van der Waals surface area contributed by atoms with Crippen LogP contribution in [-0.4, -0.2) is 13.2 Å². The van der Waals surface area contributed by atoms with Crippen LogP contribution in [0.5, 0.6) is 5.75 Å². The second kappa shape index (κ2) is 5.07. The zero-order chi connectivity index (χ0) is 11.5. The lowest BCUT2D eigenvalue weighted by molar-refractivity contribution is 0.295. The Morgan fingerprint density at radius 2 is 2.25 bits per heavy atom. The van der Waals surface area contributed by atoms with Crippen LogP contribution in [0.2, 0.25) is 5.02 Å². The van der Waals surface area contributed by atoms with E-state index in [1.807, 2.05) is 18.2 Å². The highest BCUT2D eigenvalue weighted by Gasteiger charge is 2.22. The minimum absolute atomic E-state index is 0.285. The van der Waals surface area contributed by atoms with Crippen molar-refractivity contribution in [3.8, 4) is 5.75 Å². The normalized spacial score (nSPS) is 17.2. The highest BCUT2D eigenvalue weighted by atomic mass is 35.5. The van der Waals surface area contributed by atoms with Gasteiger partial charge in [-0.15, -0.1) is 0 Å². The molecule has 88 valence electrons. The van der Waals surface area contributed by atoms with Gasteiger partial charge in [0.25, 0.3) is 0 Å². The minimum Gasteiger partial charge on any atom is -0.493 e. The van der Waals surface area contributed by atoms with Crippen molar-refractivity contribution in [3.63, 3.8) is 0 Å². The molecular formula is C13H18ClNO. The number of rotatable bonds is 5. The van der Waals surface area contributed by atoms with E-state index in [0.717, 1.165) is 28.9 Å². The van der Waals surface area contributed by atoms with Crippen molar-refractivity contribution in [2.24, 2.45) is 11.7 Å². The van der Waals surface area contributed by atoms with E-state index in [2.05, 4.69) is 6.92 Å². The summed E-state index contributed by atoms with van der Waals surface area (Å²) in [5, 5.41) is 0.745. The summed E-state index contributed by atoms with van der Waals surface area (Å²) in [5.74, 6) is 1.99. The molecule has 1 aromatic carbocycles. The zero-order valence-electron chi connectivity index (χ0n) is 9.58. The van der Waals surface area contributed by atoms with Crippen molar-refractivity contribution in [3.05, 3.63) is 28.8 Å². The van der Waals surface area contributed by atoms with Crippen molar-refractivity contribution in [1.29, 1.82) is 0 Å². The Hall–Kier alpha value is -0.730. The Bertz CT molecular complexity index is 363. The van der Waals surface area contributed by atoms with Gasteiger partial charge < -0.3 is 10.5 Å². The smallest absolute Gasteiger partial charge is 0.122 e. The first-order valence-corrected chi connectivity index (χ1v) is 6.21. The quantitative estimate of drug-likeness (QED) is 0.857. The summed E-state index contributed by atoms with van der Waals surface area (Å²) >= 11 is 6.00. The fourth-order valence-corrected chi connectivity index (χ4v) is 1.84. The van der Waals surface area contributed by atoms with Gasteiger partial charge in [0.05, 0.1) is 6.61 Å². The predicted octanol–water partition coefficient (Wildman–Crippen LogP) is 3.19. The average molecular weight is 240 g/mol. The molecule has 1 atom stereocenters. The molecule has 0 aliphatic heterocycles. The van der Waals surface area contributed by atoms with E-state index in [-0.39, 0.29) is 5.92 Å². The van der Waals surface area contributed by atoms with Crippen LogP contribution in [0, 0.1) is 5.92 Å². The van der Waals surface area contributed by atoms with Gasteiger partial charge in [0, 0.05) is 5.02 Å². The van der Waals surface area contributed by atoms with E-state index in [1.54, 1.807) is 0 Å². The van der Waals surface area contributed by atoms with Gasteiger partial charge >= 0.3 is 0 Å². The lowest BCUT2D eigenvalue weighted by Gasteiger charge is -2.16. The molecule has 0 radical (unpaired) electrons. The average Bonchev–Trinajstić information content (AvgIpc) is 3.10. The van der Waals surface area contributed by atoms with E-state index in [9.17, 15) is 0 Å². The molecule has 0 bridgehead atoms. The molecule has 2 N–H and O–H groups in total. The summed E-state index contributed by atoms with van der Waals surface area (Å²) in [4.78, 5) is 0. The lowest BCUT2D eigenvalue weighted by Crippen LogP contribution is -2.11. The number of benzene rings is 1. The largest absolute Gasteiger partial charge is 0.493 e. The second-order valence-corrected chi connectivity index (χ2v) is 5.01. The number of hydrogen-bond donors (Lipinski definition) is 1. The summed E-state index contributed by atoms with van der Waals surface area (Å²) in [5.41, 5.74) is 6.81. The first-order valence-electron chi connectivity index (χ1n) is 5.83. The molecule has 0 saturated heterocycles. The topological polar surface area (TPSA) is 35.2 Å². The third-order valence-electron chi connectivity index (χ3n) is 3.03. The van der Waals surface area contributed by atoms with Crippen molar-refractivity contribution in [2.75, 3.05) is 13.2 Å². The summed E-state index contributed by atoms with van der Waals surface area (Å²) in [6.45, 7) is 3.53. The molecular weight excluding hydrogens is 222 g/mol. The Morgan fingerprint density at radius 1 is 1.50 bits per heavy atom. The van der Waals surface area contributed by atoms with Crippen LogP contribution in [0.1, 0.15) is 31.2 Å². The number of halogens is 1. The molecule has 2 rings (SSSR count). The summed E-state index contributed by atoms with van der Waals surface area (Å²) in [6, 6.07) is 5.78. The number of ether oxygens (including phenoxy) is 1. The molecule has 1 aliphatic carbocycles. The van der Waals surface area contributed by atoms with E-state index in [0.29, 0.717) is 6.54 Å². The first kappa shape index (κ1) is 11.7. The molecule has 1 unspecified atom stereocenters. The molecule has 0 spiro atoms. The van der Waals surface area contributed by atoms with Crippen molar-refractivity contribution in [2.45, 2.75) is 25.7 Å². The van der Waals surface area contributed by atoms with Crippen LogP contribution in [0.4, 0.5) is 0 Å². The number of hydrogen-bond acceptors (Lipinski definition) is 2. The van der Waals surface area contributed by atoms with Gasteiger partial charge in [0.1, 0.15) is 5.75 Å². The van der Waals surface area contributed by atoms with Gasteiger partial charge in [-0.3, -0.25) is 0 Å². The Morgan fingerprint density at radius 3 is 2.88 bits per heavy atom. The number of nitrogens with two attached hydrogens (primary N) is 1. The van der Waals surface area contributed by atoms with Crippen molar-refractivity contribution >= 4 is 11.6 Å². The molecule has 0 aromatic heterocycles. The monoisotopic (exact) mass is 239 g/mol. The molecule has 16 heavy (non-hydrogen) atoms. The van der Waals surface area contributed by atoms with Crippen LogP contribution < -0.4 is 10.5 Å². The van der Waals surface area contributed by atoms with Gasteiger partial charge in [0.2, 0.25) is 0 Å².